The normalized spacial score (nSPS) is 24.0. The summed E-state index contributed by atoms with van der Waals surface area (Å²) in [6.07, 6.45) is 0. The standard InChI is InChI=1S/C22H17N3O6S/c1-24-19(27)9-2-4-10(5-3-9)25-20(28)15-14-12-7-6-11(26)8-13(12)31-22(30)16(14)18(23)32-17(15)21(25)29/h2-8,14-15,17,26H,23H2,1H3,(H,24,27)/t14-,15+,17+/m1/s1. The summed E-state index contributed by atoms with van der Waals surface area (Å²) < 4.78 is 5.32. The van der Waals surface area contributed by atoms with Crippen molar-refractivity contribution in [1.29, 1.82) is 0 Å². The van der Waals surface area contributed by atoms with Crippen LogP contribution in [0.3, 0.4) is 0 Å². The van der Waals surface area contributed by atoms with Gasteiger partial charge in [-0.3, -0.25) is 14.4 Å². The molecule has 3 amide bonds. The molecule has 4 N–H and O–H groups in total. The van der Waals surface area contributed by atoms with E-state index in [2.05, 4.69) is 5.32 Å². The zero-order valence-corrected chi connectivity index (χ0v) is 17.5. The highest BCUT2D eigenvalue weighted by Crippen LogP contribution is 2.54. The van der Waals surface area contributed by atoms with Crippen LogP contribution in [0.5, 0.6) is 11.5 Å². The number of hydrogen-bond acceptors (Lipinski definition) is 8. The fourth-order valence-electron chi connectivity index (χ4n) is 4.40. The van der Waals surface area contributed by atoms with Crippen molar-refractivity contribution in [3.05, 3.63) is 64.2 Å². The third-order valence-corrected chi connectivity index (χ3v) is 7.08. The number of imide groups is 1. The minimum absolute atomic E-state index is 0.0923. The highest BCUT2D eigenvalue weighted by atomic mass is 32.2. The Morgan fingerprint density at radius 3 is 2.53 bits per heavy atom. The molecule has 3 heterocycles. The lowest BCUT2D eigenvalue weighted by Gasteiger charge is -2.36. The third-order valence-electron chi connectivity index (χ3n) is 5.85. The monoisotopic (exact) mass is 451 g/mol. The van der Waals surface area contributed by atoms with Crippen molar-refractivity contribution >= 4 is 41.1 Å². The van der Waals surface area contributed by atoms with Crippen LogP contribution < -0.4 is 20.7 Å². The van der Waals surface area contributed by atoms with Gasteiger partial charge in [-0.15, -0.1) is 0 Å². The number of rotatable bonds is 2. The van der Waals surface area contributed by atoms with Crippen molar-refractivity contribution in [2.75, 3.05) is 11.9 Å². The smallest absolute Gasteiger partial charge is 0.342 e. The molecule has 2 aromatic rings. The zero-order valence-electron chi connectivity index (χ0n) is 16.7. The number of thioether (sulfide) groups is 1. The van der Waals surface area contributed by atoms with Crippen LogP contribution >= 0.6 is 11.8 Å². The molecule has 5 rings (SSSR count). The number of nitrogens with two attached hydrogens (primary N) is 1. The Balaban J connectivity index is 1.58. The van der Waals surface area contributed by atoms with Gasteiger partial charge in [-0.25, -0.2) is 9.69 Å². The minimum atomic E-state index is -0.871. The van der Waals surface area contributed by atoms with Gasteiger partial charge in [0, 0.05) is 30.2 Å². The van der Waals surface area contributed by atoms with Crippen LogP contribution in [0.15, 0.2) is 53.1 Å². The Kier molecular flexibility index (Phi) is 4.48. The first-order valence-corrected chi connectivity index (χ1v) is 10.6. The number of nitrogens with zero attached hydrogens (tertiary/aromatic N) is 1. The first-order chi connectivity index (χ1) is 15.3. The van der Waals surface area contributed by atoms with Crippen LogP contribution in [0.2, 0.25) is 0 Å². The molecule has 32 heavy (non-hydrogen) atoms. The van der Waals surface area contributed by atoms with Crippen LogP contribution in [-0.2, 0) is 14.4 Å². The van der Waals surface area contributed by atoms with Crippen LogP contribution in [0, 0.1) is 5.92 Å². The molecule has 2 aromatic carbocycles. The topological polar surface area (TPSA) is 139 Å². The summed E-state index contributed by atoms with van der Waals surface area (Å²) in [5.74, 6) is -3.51. The Bertz CT molecular complexity index is 1240. The molecular formula is C22H17N3O6S. The average molecular weight is 451 g/mol. The van der Waals surface area contributed by atoms with Gasteiger partial charge < -0.3 is 20.9 Å². The van der Waals surface area contributed by atoms with E-state index in [0.29, 0.717) is 16.8 Å². The second-order valence-corrected chi connectivity index (χ2v) is 8.75. The summed E-state index contributed by atoms with van der Waals surface area (Å²) in [5.41, 5.74) is 7.52. The van der Waals surface area contributed by atoms with Crippen LogP contribution in [0.4, 0.5) is 5.69 Å². The Labute approximate surface area is 186 Å². The molecule has 0 spiro atoms. The van der Waals surface area contributed by atoms with Gasteiger partial charge >= 0.3 is 5.97 Å². The molecule has 1 saturated heterocycles. The largest absolute Gasteiger partial charge is 0.508 e. The van der Waals surface area contributed by atoms with E-state index in [1.54, 1.807) is 6.07 Å². The predicted molar refractivity (Wildman–Crippen MR) is 115 cm³/mol. The molecule has 9 nitrogen and oxygen atoms in total. The van der Waals surface area contributed by atoms with Crippen molar-refractivity contribution in [3.63, 3.8) is 0 Å². The number of anilines is 1. The molecule has 0 bridgehead atoms. The van der Waals surface area contributed by atoms with Gasteiger partial charge in [0.05, 0.1) is 22.2 Å². The molecule has 10 heteroatoms. The predicted octanol–water partition coefficient (Wildman–Crippen LogP) is 1.23. The SMILES string of the molecule is CNC(=O)c1ccc(N2C(=O)[C@@H]3[C@H](SC(N)=C4C(=O)Oc5cc(O)ccc5[C@@H]43)C2=O)cc1. The molecule has 0 aromatic heterocycles. The van der Waals surface area contributed by atoms with E-state index in [1.807, 2.05) is 0 Å². The summed E-state index contributed by atoms with van der Waals surface area (Å²) in [6.45, 7) is 0. The Morgan fingerprint density at radius 2 is 1.84 bits per heavy atom. The summed E-state index contributed by atoms with van der Waals surface area (Å²) in [6, 6.07) is 10.4. The van der Waals surface area contributed by atoms with E-state index in [9.17, 15) is 24.3 Å². The number of carbonyl (C=O) groups excluding carboxylic acids is 4. The van der Waals surface area contributed by atoms with Gasteiger partial charge in [0.2, 0.25) is 11.8 Å². The van der Waals surface area contributed by atoms with Crippen LogP contribution in [0.1, 0.15) is 21.8 Å². The number of fused-ring (bicyclic) bond motifs is 5. The molecule has 3 aliphatic rings. The van der Waals surface area contributed by atoms with E-state index >= 15 is 0 Å². The van der Waals surface area contributed by atoms with Gasteiger partial charge in [0.15, 0.2) is 0 Å². The summed E-state index contributed by atoms with van der Waals surface area (Å²) in [5, 5.41) is 11.6. The van der Waals surface area contributed by atoms with E-state index in [4.69, 9.17) is 10.5 Å². The number of ether oxygens (including phenoxy) is 1. The lowest BCUT2D eigenvalue weighted by Crippen LogP contribution is -2.39. The van der Waals surface area contributed by atoms with Gasteiger partial charge in [-0.2, -0.15) is 0 Å². The number of aromatic hydroxyl groups is 1. The van der Waals surface area contributed by atoms with E-state index in [1.165, 1.54) is 43.4 Å². The lowest BCUT2D eigenvalue weighted by atomic mass is 9.77. The first-order valence-electron chi connectivity index (χ1n) is 9.73. The average Bonchev–Trinajstić information content (AvgIpc) is 3.02. The number of nitrogens with one attached hydrogen (secondary N) is 1. The number of benzene rings is 2. The summed E-state index contributed by atoms with van der Waals surface area (Å²) >= 11 is 0.977. The number of phenols is 1. The maximum atomic E-state index is 13.5. The molecule has 162 valence electrons. The van der Waals surface area contributed by atoms with E-state index in [0.717, 1.165) is 16.7 Å². The van der Waals surface area contributed by atoms with E-state index < -0.39 is 34.9 Å². The quantitative estimate of drug-likeness (QED) is 0.352. The Hall–Kier alpha value is -3.79. The maximum Gasteiger partial charge on any atom is 0.342 e. The molecule has 3 aliphatic heterocycles. The molecule has 1 fully saturated rings. The molecular weight excluding hydrogens is 434 g/mol. The highest BCUT2D eigenvalue weighted by Gasteiger charge is 2.58. The fourth-order valence-corrected chi connectivity index (χ4v) is 5.64. The molecule has 0 radical (unpaired) electrons. The Morgan fingerprint density at radius 1 is 1.12 bits per heavy atom. The number of phenolic OH excluding ortho intramolecular Hbond substituents is 1. The van der Waals surface area contributed by atoms with E-state index in [-0.39, 0.29) is 28.0 Å². The van der Waals surface area contributed by atoms with Crippen LogP contribution in [0.25, 0.3) is 0 Å². The lowest BCUT2D eigenvalue weighted by molar-refractivity contribution is -0.131. The number of amides is 3. The van der Waals surface area contributed by atoms with Crippen molar-refractivity contribution in [1.82, 2.24) is 5.32 Å². The summed E-state index contributed by atoms with van der Waals surface area (Å²) in [7, 11) is 1.51. The van der Waals surface area contributed by atoms with Crippen molar-refractivity contribution in [2.24, 2.45) is 11.7 Å². The van der Waals surface area contributed by atoms with Gasteiger partial charge in [0.1, 0.15) is 16.7 Å². The van der Waals surface area contributed by atoms with Crippen molar-refractivity contribution in [2.45, 2.75) is 11.2 Å². The number of esters is 1. The highest BCUT2D eigenvalue weighted by molar-refractivity contribution is 8.04. The van der Waals surface area contributed by atoms with Gasteiger partial charge in [-0.1, -0.05) is 17.8 Å². The number of hydrogen-bond donors (Lipinski definition) is 3. The van der Waals surface area contributed by atoms with Crippen LogP contribution in [-0.4, -0.2) is 41.1 Å². The maximum absolute atomic E-state index is 13.5. The minimum Gasteiger partial charge on any atom is -0.508 e. The molecule has 0 saturated carbocycles. The molecule has 0 unspecified atom stereocenters. The number of carbonyl (C=O) groups is 4. The van der Waals surface area contributed by atoms with Crippen molar-refractivity contribution < 1.29 is 29.0 Å². The first kappa shape index (κ1) is 20.1. The van der Waals surface area contributed by atoms with Gasteiger partial charge in [0.25, 0.3) is 5.91 Å². The second-order valence-electron chi connectivity index (χ2n) is 7.57. The van der Waals surface area contributed by atoms with Gasteiger partial charge in [-0.05, 0) is 30.3 Å². The summed E-state index contributed by atoms with van der Waals surface area (Å²) in [4.78, 5) is 52.3. The van der Waals surface area contributed by atoms with Crippen molar-refractivity contribution in [3.8, 4) is 11.5 Å². The molecule has 0 aliphatic carbocycles. The molecule has 3 atom stereocenters. The second kappa shape index (κ2) is 7.13. The zero-order chi connectivity index (χ0) is 22.7. The third kappa shape index (κ3) is 2.79. The fraction of sp³-hybridized carbons (Fsp3) is 0.182.